The fourth-order valence-corrected chi connectivity index (χ4v) is 6.07. The van der Waals surface area contributed by atoms with E-state index in [1.165, 1.54) is 18.2 Å². The number of aliphatic hydroxyl groups excluding tert-OH is 1. The van der Waals surface area contributed by atoms with Gasteiger partial charge in [0.2, 0.25) is 5.69 Å². The van der Waals surface area contributed by atoms with Gasteiger partial charge in [-0.1, -0.05) is 44.5 Å². The maximum atomic E-state index is 14.3. The van der Waals surface area contributed by atoms with Gasteiger partial charge in [-0.25, -0.2) is 0 Å². The summed E-state index contributed by atoms with van der Waals surface area (Å²) in [4.78, 5) is 15.8. The second-order valence-corrected chi connectivity index (χ2v) is 12.6. The van der Waals surface area contributed by atoms with Crippen LogP contribution in [0.15, 0.2) is 84.6 Å². The van der Waals surface area contributed by atoms with Gasteiger partial charge in [0, 0.05) is 54.3 Å². The zero-order chi connectivity index (χ0) is 36.5. The topological polar surface area (TPSA) is 98.0 Å². The maximum absolute atomic E-state index is 14.3. The number of alkyl halides is 3. The number of rotatable bonds is 14. The van der Waals surface area contributed by atoms with Gasteiger partial charge in [-0.3, -0.25) is 4.79 Å². The Hall–Kier alpha value is -4.87. The molecule has 1 atom stereocenters. The molecule has 8 nitrogen and oxygen atoms in total. The number of amides is 1. The molecular weight excluding hydrogens is 659 g/mol. The molecule has 0 spiro atoms. The summed E-state index contributed by atoms with van der Waals surface area (Å²) >= 11 is 0. The van der Waals surface area contributed by atoms with Crippen molar-refractivity contribution in [1.29, 1.82) is 0 Å². The van der Waals surface area contributed by atoms with Crippen LogP contribution in [0.4, 0.5) is 24.5 Å². The Morgan fingerprint density at radius 2 is 1.75 bits per heavy atom. The van der Waals surface area contributed by atoms with Gasteiger partial charge < -0.3 is 30.0 Å². The highest BCUT2D eigenvalue weighted by molar-refractivity contribution is 6.07. The van der Waals surface area contributed by atoms with Crippen LogP contribution < -0.4 is 19.7 Å². The molecule has 0 saturated carbocycles. The molecule has 0 fully saturated rings. The quantitative estimate of drug-likeness (QED) is 0.0781. The van der Waals surface area contributed by atoms with E-state index in [0.29, 0.717) is 42.0 Å². The minimum Gasteiger partial charge on any atom is -0.618 e. The number of hydrogen-bond donors (Lipinski definition) is 2. The first-order chi connectivity index (χ1) is 24.5. The predicted octanol–water partition coefficient (Wildman–Crippen LogP) is 8.23. The minimum absolute atomic E-state index is 0.0816. The predicted molar refractivity (Wildman–Crippen MR) is 192 cm³/mol. The standard InChI is InChI=1S/C40H44F3N3O5/c1-4-6-20-50-21-22-51-33-11-7-28(8-12-33)29-9-14-36-31(24-29)25-30(16-18-45(36)17-5-2)39(48)44-32-10-13-34(35(26-32)40(41,42)43)38(47)37-23-27(3)15-19-46(37)49/h7-15,19,23-26,38,47H,4-6,16-18,20-22H2,1-3H3,(H,44,48). The SMILES string of the molecule is CCCCOCCOc1ccc(-c2ccc3c(c2)C=C(C(=O)Nc2ccc(C(O)c4cc(C)cc[n+]4[O-])c(C(F)(F)F)c2)CCN3CCC)cc1. The lowest BCUT2D eigenvalue weighted by Gasteiger charge is -2.25. The van der Waals surface area contributed by atoms with Crippen molar-refractivity contribution < 1.29 is 37.3 Å². The average Bonchev–Trinajstić information content (AvgIpc) is 3.29. The number of ether oxygens (including phenoxy) is 2. The maximum Gasteiger partial charge on any atom is 0.416 e. The number of carbonyl (C=O) groups is 1. The van der Waals surface area contributed by atoms with E-state index in [-0.39, 0.29) is 11.4 Å². The highest BCUT2D eigenvalue weighted by Crippen LogP contribution is 2.38. The van der Waals surface area contributed by atoms with Crippen LogP contribution in [0.1, 0.15) is 73.6 Å². The van der Waals surface area contributed by atoms with E-state index in [9.17, 15) is 28.3 Å². The van der Waals surface area contributed by atoms with Crippen molar-refractivity contribution in [3.8, 4) is 16.9 Å². The van der Waals surface area contributed by atoms with Gasteiger partial charge in [0.05, 0.1) is 12.2 Å². The minimum atomic E-state index is -4.86. The fourth-order valence-electron chi connectivity index (χ4n) is 6.07. The third kappa shape index (κ3) is 9.47. The zero-order valence-electron chi connectivity index (χ0n) is 29.1. The highest BCUT2D eigenvalue weighted by atomic mass is 19.4. The molecule has 5 rings (SSSR count). The molecule has 270 valence electrons. The number of nitrogens with zero attached hydrogens (tertiary/aromatic N) is 2. The average molecular weight is 704 g/mol. The summed E-state index contributed by atoms with van der Waals surface area (Å²) in [5, 5.41) is 25.8. The number of unbranched alkanes of at least 4 members (excludes halogenated alkanes) is 1. The van der Waals surface area contributed by atoms with Crippen LogP contribution in [0.2, 0.25) is 0 Å². The summed E-state index contributed by atoms with van der Waals surface area (Å²) in [5.74, 6) is 0.211. The number of anilines is 2. The number of benzene rings is 3. The molecule has 2 heterocycles. The molecule has 1 aliphatic heterocycles. The van der Waals surface area contributed by atoms with Crippen molar-refractivity contribution in [2.24, 2.45) is 0 Å². The van der Waals surface area contributed by atoms with E-state index in [2.05, 4.69) is 24.1 Å². The van der Waals surface area contributed by atoms with Crippen molar-refractivity contribution in [3.63, 3.8) is 0 Å². The fraction of sp³-hybridized carbons (Fsp3) is 0.350. The van der Waals surface area contributed by atoms with Crippen LogP contribution in [0, 0.1) is 12.1 Å². The first-order valence-corrected chi connectivity index (χ1v) is 17.3. The van der Waals surface area contributed by atoms with Crippen molar-refractivity contribution in [1.82, 2.24) is 0 Å². The largest absolute Gasteiger partial charge is 0.618 e. The van der Waals surface area contributed by atoms with Crippen LogP contribution in [-0.2, 0) is 15.7 Å². The second kappa shape index (κ2) is 16.9. The van der Waals surface area contributed by atoms with Crippen molar-refractivity contribution in [2.75, 3.05) is 43.1 Å². The molecule has 0 aliphatic carbocycles. The smallest absolute Gasteiger partial charge is 0.416 e. The summed E-state index contributed by atoms with van der Waals surface area (Å²) in [6.07, 6.45) is -0.381. The first-order valence-electron chi connectivity index (χ1n) is 17.3. The van der Waals surface area contributed by atoms with Gasteiger partial charge in [-0.2, -0.15) is 17.9 Å². The van der Waals surface area contributed by atoms with Crippen LogP contribution in [0.3, 0.4) is 0 Å². The van der Waals surface area contributed by atoms with E-state index in [1.54, 1.807) is 13.0 Å². The lowest BCUT2D eigenvalue weighted by Crippen LogP contribution is -2.34. The third-order valence-corrected chi connectivity index (χ3v) is 8.75. The molecular formula is C40H44F3N3O5. The monoisotopic (exact) mass is 703 g/mol. The molecule has 1 aromatic heterocycles. The van der Waals surface area contributed by atoms with Gasteiger partial charge >= 0.3 is 6.18 Å². The molecule has 3 aromatic carbocycles. The Morgan fingerprint density at radius 1 is 0.980 bits per heavy atom. The Kier molecular flexibility index (Phi) is 12.4. The summed E-state index contributed by atoms with van der Waals surface area (Å²) in [7, 11) is 0. The molecule has 4 aromatic rings. The number of nitrogens with one attached hydrogen (secondary N) is 1. The van der Waals surface area contributed by atoms with E-state index in [4.69, 9.17) is 9.47 Å². The zero-order valence-corrected chi connectivity index (χ0v) is 29.1. The number of hydrogen-bond acceptors (Lipinski definition) is 6. The van der Waals surface area contributed by atoms with Gasteiger partial charge in [-0.05, 0) is 90.9 Å². The first kappa shape index (κ1) is 37.4. The van der Waals surface area contributed by atoms with Gasteiger partial charge in [0.15, 0.2) is 12.3 Å². The van der Waals surface area contributed by atoms with Crippen LogP contribution in [-0.4, -0.2) is 43.9 Å². The summed E-state index contributed by atoms with van der Waals surface area (Å²) in [6, 6.07) is 19.9. The second-order valence-electron chi connectivity index (χ2n) is 12.6. The molecule has 1 unspecified atom stereocenters. The van der Waals surface area contributed by atoms with E-state index < -0.39 is 29.3 Å². The summed E-state index contributed by atoms with van der Waals surface area (Å²) in [5.41, 5.74) is 2.77. The number of halogens is 3. The molecule has 11 heteroatoms. The molecule has 51 heavy (non-hydrogen) atoms. The van der Waals surface area contributed by atoms with Crippen LogP contribution >= 0.6 is 0 Å². The lowest BCUT2D eigenvalue weighted by atomic mass is 9.97. The Bertz CT molecular complexity index is 1840. The summed E-state index contributed by atoms with van der Waals surface area (Å²) in [6.45, 7) is 8.90. The molecule has 1 amide bonds. The van der Waals surface area contributed by atoms with Crippen LogP contribution in [0.5, 0.6) is 5.75 Å². The molecule has 0 saturated heterocycles. The van der Waals surface area contributed by atoms with Crippen molar-refractivity contribution >= 4 is 23.4 Å². The number of aryl methyl sites for hydroxylation is 1. The number of aliphatic hydroxyl groups is 1. The molecule has 1 aliphatic rings. The van der Waals surface area contributed by atoms with Crippen LogP contribution in [0.25, 0.3) is 17.2 Å². The number of carbonyl (C=O) groups excluding carboxylic acids is 1. The third-order valence-electron chi connectivity index (χ3n) is 8.75. The lowest BCUT2D eigenvalue weighted by molar-refractivity contribution is -0.617. The Balaban J connectivity index is 1.37. The number of fused-ring (bicyclic) bond motifs is 1. The Morgan fingerprint density at radius 3 is 2.47 bits per heavy atom. The van der Waals surface area contributed by atoms with E-state index in [1.807, 2.05) is 42.5 Å². The Labute approximate surface area is 296 Å². The normalized spacial score (nSPS) is 13.6. The van der Waals surface area contributed by atoms with Gasteiger partial charge in [0.1, 0.15) is 12.4 Å². The van der Waals surface area contributed by atoms with E-state index >= 15 is 0 Å². The number of pyridine rings is 1. The molecule has 2 N–H and O–H groups in total. The van der Waals surface area contributed by atoms with Crippen molar-refractivity contribution in [3.05, 3.63) is 118 Å². The van der Waals surface area contributed by atoms with Crippen molar-refractivity contribution in [2.45, 2.75) is 58.7 Å². The van der Waals surface area contributed by atoms with Gasteiger partial charge in [0.25, 0.3) is 5.91 Å². The number of aromatic nitrogens is 1. The highest BCUT2D eigenvalue weighted by Gasteiger charge is 2.37. The molecule has 0 radical (unpaired) electrons. The van der Waals surface area contributed by atoms with E-state index in [0.717, 1.165) is 78.9 Å². The summed E-state index contributed by atoms with van der Waals surface area (Å²) < 4.78 is 54.6. The van der Waals surface area contributed by atoms with Gasteiger partial charge in [-0.15, -0.1) is 0 Å². The molecule has 0 bridgehead atoms.